The molecule has 200 valence electrons. The van der Waals surface area contributed by atoms with Gasteiger partial charge in [-0.1, -0.05) is 35.0 Å². The van der Waals surface area contributed by atoms with E-state index in [9.17, 15) is 24.3 Å². The summed E-state index contributed by atoms with van der Waals surface area (Å²) < 4.78 is 15.2. The molecule has 2 aromatic rings. The Balaban J connectivity index is 1.68. The zero-order valence-electron chi connectivity index (χ0n) is 21.2. The molecule has 37 heavy (non-hydrogen) atoms. The first-order valence-corrected chi connectivity index (χ1v) is 11.7. The van der Waals surface area contributed by atoms with E-state index in [-0.39, 0.29) is 31.1 Å². The Labute approximate surface area is 214 Å². The number of benzene rings is 1. The summed E-state index contributed by atoms with van der Waals surface area (Å²) in [7, 11) is 1.34. The van der Waals surface area contributed by atoms with Gasteiger partial charge in [-0.05, 0) is 32.8 Å². The third kappa shape index (κ3) is 7.44. The van der Waals surface area contributed by atoms with Gasteiger partial charge in [-0.25, -0.2) is 0 Å². The molecule has 1 aliphatic heterocycles. The Hall–Kier alpha value is -3.61. The van der Waals surface area contributed by atoms with E-state index in [1.807, 2.05) is 31.2 Å². The van der Waals surface area contributed by atoms with Gasteiger partial charge in [0.1, 0.15) is 23.4 Å². The minimum atomic E-state index is -1.39. The maximum absolute atomic E-state index is 13.1. The van der Waals surface area contributed by atoms with Gasteiger partial charge in [-0.15, -0.1) is 0 Å². The number of amides is 3. The number of hydrogen-bond donors (Lipinski definition) is 4. The fourth-order valence-electron chi connectivity index (χ4n) is 3.70. The number of ether oxygens (including phenoxy) is 2. The van der Waals surface area contributed by atoms with Crippen LogP contribution in [0.1, 0.15) is 34.3 Å². The standard InChI is InChI=1S/C25H32N4O8/c1-14-6-5-7-16(8-14)10-17(21(31)25(3)13-36-25)26-23(33)19(11-30)27-24(34)20(12-35-4)28-22(32)18-9-15(2)37-29-18/h5-9,17,19-20,30H,10-13H2,1-4H3,(H,26,33)(H,27,34)(H,28,32)/t17-,19-,20-,25?/m0/s1. The number of aryl methyl sites for hydroxylation is 2. The molecular weight excluding hydrogens is 484 g/mol. The van der Waals surface area contributed by atoms with E-state index in [0.717, 1.165) is 11.1 Å². The number of Topliss-reactive ketones (excluding diaryl/α,β-unsaturated/α-hetero) is 1. The van der Waals surface area contributed by atoms with E-state index < -0.39 is 48.1 Å². The van der Waals surface area contributed by atoms with Crippen LogP contribution in [0.15, 0.2) is 34.9 Å². The lowest BCUT2D eigenvalue weighted by molar-refractivity contribution is -0.134. The number of nitrogens with zero attached hydrogens (tertiary/aromatic N) is 1. The minimum absolute atomic E-state index is 0.0313. The molecule has 4 N–H and O–H groups in total. The number of epoxide rings is 1. The first-order valence-electron chi connectivity index (χ1n) is 11.7. The van der Waals surface area contributed by atoms with Gasteiger partial charge in [-0.3, -0.25) is 19.2 Å². The van der Waals surface area contributed by atoms with E-state index in [4.69, 9.17) is 14.0 Å². The van der Waals surface area contributed by atoms with E-state index in [1.165, 1.54) is 13.2 Å². The van der Waals surface area contributed by atoms with Crippen molar-refractivity contribution >= 4 is 23.5 Å². The second-order valence-electron chi connectivity index (χ2n) is 9.19. The highest BCUT2D eigenvalue weighted by molar-refractivity contribution is 5.99. The van der Waals surface area contributed by atoms with Gasteiger partial charge in [0, 0.05) is 13.2 Å². The Morgan fingerprint density at radius 2 is 1.76 bits per heavy atom. The van der Waals surface area contributed by atoms with Gasteiger partial charge < -0.3 is 35.1 Å². The van der Waals surface area contributed by atoms with E-state index >= 15 is 0 Å². The molecule has 1 saturated heterocycles. The lowest BCUT2D eigenvalue weighted by atomic mass is 9.94. The van der Waals surface area contributed by atoms with Crippen molar-refractivity contribution in [1.29, 1.82) is 0 Å². The molecule has 2 heterocycles. The minimum Gasteiger partial charge on any atom is -0.394 e. The molecule has 0 aliphatic carbocycles. The van der Waals surface area contributed by atoms with Crippen LogP contribution < -0.4 is 16.0 Å². The predicted molar refractivity (Wildman–Crippen MR) is 130 cm³/mol. The SMILES string of the molecule is COC[C@H](NC(=O)c1cc(C)on1)C(=O)N[C@@H](CO)C(=O)N[C@@H](Cc1cccc(C)c1)C(=O)C1(C)CO1. The van der Waals surface area contributed by atoms with E-state index in [2.05, 4.69) is 21.1 Å². The van der Waals surface area contributed by atoms with Crippen molar-refractivity contribution < 1.29 is 38.3 Å². The highest BCUT2D eigenvalue weighted by Crippen LogP contribution is 2.29. The molecule has 0 spiro atoms. The molecule has 1 unspecified atom stereocenters. The number of nitrogens with one attached hydrogen (secondary N) is 3. The van der Waals surface area contributed by atoms with Crippen LogP contribution in [0.2, 0.25) is 0 Å². The average Bonchev–Trinajstić information content (AvgIpc) is 3.46. The molecule has 12 nitrogen and oxygen atoms in total. The third-order valence-corrected chi connectivity index (χ3v) is 5.89. The van der Waals surface area contributed by atoms with Crippen molar-refractivity contribution in [1.82, 2.24) is 21.1 Å². The molecule has 4 atom stereocenters. The van der Waals surface area contributed by atoms with E-state index in [0.29, 0.717) is 5.76 Å². The summed E-state index contributed by atoms with van der Waals surface area (Å²) in [5, 5.41) is 20.9. The lowest BCUT2D eigenvalue weighted by Gasteiger charge is -2.25. The number of carbonyl (C=O) groups excluding carboxylic acids is 4. The fourth-order valence-corrected chi connectivity index (χ4v) is 3.70. The van der Waals surface area contributed by atoms with Crippen LogP contribution in [0.25, 0.3) is 0 Å². The number of carbonyl (C=O) groups is 4. The summed E-state index contributed by atoms with van der Waals surface area (Å²) in [5.41, 5.74) is 0.804. The smallest absolute Gasteiger partial charge is 0.274 e. The summed E-state index contributed by atoms with van der Waals surface area (Å²) in [6.45, 7) is 4.46. The topological polar surface area (TPSA) is 172 Å². The van der Waals surface area contributed by atoms with Gasteiger partial charge in [-0.2, -0.15) is 0 Å². The highest BCUT2D eigenvalue weighted by atomic mass is 16.6. The maximum Gasteiger partial charge on any atom is 0.274 e. The van der Waals surface area contributed by atoms with Crippen molar-refractivity contribution in [2.24, 2.45) is 0 Å². The van der Waals surface area contributed by atoms with Gasteiger partial charge in [0.05, 0.1) is 25.9 Å². The highest BCUT2D eigenvalue weighted by Gasteiger charge is 2.50. The molecule has 0 bridgehead atoms. The van der Waals surface area contributed by atoms with Crippen LogP contribution in [0.3, 0.4) is 0 Å². The molecule has 1 aliphatic rings. The van der Waals surface area contributed by atoms with Crippen molar-refractivity contribution in [2.45, 2.75) is 50.9 Å². The molecule has 0 saturated carbocycles. The Morgan fingerprint density at radius 1 is 1.08 bits per heavy atom. The molecule has 0 radical (unpaired) electrons. The zero-order valence-corrected chi connectivity index (χ0v) is 21.2. The van der Waals surface area contributed by atoms with Gasteiger partial charge in [0.25, 0.3) is 5.91 Å². The average molecular weight is 517 g/mol. The zero-order chi connectivity index (χ0) is 27.2. The Kier molecular flexibility index (Phi) is 9.14. The van der Waals surface area contributed by atoms with Crippen LogP contribution >= 0.6 is 0 Å². The summed E-state index contributed by atoms with van der Waals surface area (Å²) in [4.78, 5) is 51.4. The van der Waals surface area contributed by atoms with Crippen molar-refractivity contribution in [2.75, 3.05) is 26.9 Å². The van der Waals surface area contributed by atoms with Crippen LogP contribution in [0, 0.1) is 13.8 Å². The first kappa shape index (κ1) is 28.0. The number of rotatable bonds is 13. The van der Waals surface area contributed by atoms with Gasteiger partial charge in [0.2, 0.25) is 11.8 Å². The first-order chi connectivity index (χ1) is 17.6. The largest absolute Gasteiger partial charge is 0.394 e. The number of ketones is 1. The number of aliphatic hydroxyl groups excluding tert-OH is 1. The number of aliphatic hydroxyl groups is 1. The van der Waals surface area contributed by atoms with Crippen molar-refractivity contribution in [3.8, 4) is 0 Å². The van der Waals surface area contributed by atoms with Gasteiger partial charge in [0.15, 0.2) is 11.5 Å². The molecular formula is C25H32N4O8. The molecule has 1 fully saturated rings. The van der Waals surface area contributed by atoms with Crippen LogP contribution in [0.4, 0.5) is 0 Å². The second kappa shape index (κ2) is 12.1. The number of hydrogen-bond acceptors (Lipinski definition) is 9. The summed E-state index contributed by atoms with van der Waals surface area (Å²) in [6.07, 6.45) is 0.205. The van der Waals surface area contributed by atoms with E-state index in [1.54, 1.807) is 13.8 Å². The van der Waals surface area contributed by atoms with Crippen LogP contribution in [-0.4, -0.2) is 84.4 Å². The summed E-state index contributed by atoms with van der Waals surface area (Å²) in [6, 6.07) is 5.38. The number of aromatic nitrogens is 1. The third-order valence-electron chi connectivity index (χ3n) is 5.89. The molecule has 1 aromatic heterocycles. The van der Waals surface area contributed by atoms with Crippen LogP contribution in [-0.2, 0) is 30.3 Å². The molecule has 3 rings (SSSR count). The second-order valence-corrected chi connectivity index (χ2v) is 9.19. The quantitative estimate of drug-likeness (QED) is 0.258. The Bertz CT molecular complexity index is 1140. The molecule has 3 amide bonds. The lowest BCUT2D eigenvalue weighted by Crippen LogP contribution is -2.58. The number of methoxy groups -OCH3 is 1. The van der Waals surface area contributed by atoms with Crippen molar-refractivity contribution in [3.63, 3.8) is 0 Å². The van der Waals surface area contributed by atoms with Crippen molar-refractivity contribution in [3.05, 3.63) is 52.9 Å². The summed E-state index contributed by atoms with van der Waals surface area (Å²) >= 11 is 0. The normalized spacial score (nSPS) is 18.8. The maximum atomic E-state index is 13.1. The Morgan fingerprint density at radius 3 is 2.32 bits per heavy atom. The predicted octanol–water partition coefficient (Wildman–Crippen LogP) is -0.401. The molecule has 1 aromatic carbocycles. The summed E-state index contributed by atoms with van der Waals surface area (Å²) in [5.74, 6) is -2.11. The van der Waals surface area contributed by atoms with Crippen LogP contribution in [0.5, 0.6) is 0 Å². The monoisotopic (exact) mass is 516 g/mol. The molecule has 12 heteroatoms. The van der Waals surface area contributed by atoms with Gasteiger partial charge >= 0.3 is 0 Å². The fraction of sp³-hybridized carbons (Fsp3) is 0.480.